The summed E-state index contributed by atoms with van der Waals surface area (Å²) in [5.74, 6) is -2.00. The second-order valence-corrected chi connectivity index (χ2v) is 8.59. The van der Waals surface area contributed by atoms with Crippen molar-refractivity contribution in [1.29, 1.82) is 0 Å². The zero-order valence-electron chi connectivity index (χ0n) is 15.4. The minimum Gasteiger partial charge on any atom is -0.619 e. The molecule has 2 heterocycles. The fourth-order valence-corrected chi connectivity index (χ4v) is 4.17. The van der Waals surface area contributed by atoms with E-state index in [1.54, 1.807) is 6.92 Å². The second-order valence-electron chi connectivity index (χ2n) is 6.65. The number of Topliss-reactive ketones (excluding diaryl/α,β-unsaturated/α-hetero) is 1. The van der Waals surface area contributed by atoms with Crippen molar-refractivity contribution >= 4 is 27.6 Å². The van der Waals surface area contributed by atoms with Gasteiger partial charge in [0, 0.05) is 18.5 Å². The first-order valence-electron chi connectivity index (χ1n) is 8.76. The van der Waals surface area contributed by atoms with Gasteiger partial charge >= 0.3 is 0 Å². The Morgan fingerprint density at radius 1 is 1.50 bits per heavy atom. The van der Waals surface area contributed by atoms with Gasteiger partial charge < -0.3 is 16.3 Å². The summed E-state index contributed by atoms with van der Waals surface area (Å²) in [7, 11) is -4.00. The minimum absolute atomic E-state index is 0.0939. The minimum atomic E-state index is -4.00. The monoisotopic (exact) mass is 411 g/mol. The fraction of sp³-hybridized carbons (Fsp3) is 0.471. The average Bonchev–Trinajstić information content (AvgIpc) is 2.81. The number of nitrogens with two attached hydrogens (primary N) is 1. The highest BCUT2D eigenvalue weighted by molar-refractivity contribution is 7.89. The molecule has 11 heteroatoms. The Balaban J connectivity index is 2.01. The Morgan fingerprint density at radius 2 is 2.21 bits per heavy atom. The molecule has 28 heavy (non-hydrogen) atoms. The molecule has 1 aliphatic rings. The Morgan fingerprint density at radius 3 is 2.86 bits per heavy atom. The van der Waals surface area contributed by atoms with Gasteiger partial charge in [-0.2, -0.15) is 9.04 Å². The molecule has 2 atom stereocenters. The van der Waals surface area contributed by atoms with Gasteiger partial charge in [0.25, 0.3) is 0 Å². The van der Waals surface area contributed by atoms with Gasteiger partial charge in [-0.1, -0.05) is 6.92 Å². The second kappa shape index (κ2) is 9.11. The summed E-state index contributed by atoms with van der Waals surface area (Å²) in [6.45, 7) is 1.27. The maximum atomic E-state index is 12.7. The largest absolute Gasteiger partial charge is 0.619 e. The van der Waals surface area contributed by atoms with E-state index >= 15 is 0 Å². The molecule has 2 amide bonds. The standard InChI is InChI=1S/C17H23N4O6S/c1-12(17(18)24)6-7-16(23)19-14-5-3-9-21(11-15(14)22)28(26,27)13-4-2-8-20(25)10-13/h2,4,7-8,10,12,14H,3,5-6,9,11H2,1H3,(H2,18,24)(H,19,23)/t12?,14-/m0/s1. The highest BCUT2D eigenvalue weighted by Gasteiger charge is 2.33. The summed E-state index contributed by atoms with van der Waals surface area (Å²) < 4.78 is 26.8. The van der Waals surface area contributed by atoms with Crippen LogP contribution in [-0.2, 0) is 24.4 Å². The summed E-state index contributed by atoms with van der Waals surface area (Å²) in [6, 6.07) is 1.77. The summed E-state index contributed by atoms with van der Waals surface area (Å²) in [5, 5.41) is 13.9. The van der Waals surface area contributed by atoms with Gasteiger partial charge in [-0.3, -0.25) is 14.4 Å². The number of hydrogen-bond acceptors (Lipinski definition) is 6. The van der Waals surface area contributed by atoms with E-state index in [9.17, 15) is 28.0 Å². The lowest BCUT2D eigenvalue weighted by molar-refractivity contribution is -0.607. The third-order valence-corrected chi connectivity index (χ3v) is 6.29. The molecule has 1 aromatic rings. The maximum Gasteiger partial charge on any atom is 0.249 e. The quantitative estimate of drug-likeness (QED) is 0.428. The number of nitrogens with one attached hydrogen (secondary N) is 1. The van der Waals surface area contributed by atoms with Gasteiger partial charge in [0.1, 0.15) is 4.90 Å². The molecule has 0 aliphatic carbocycles. The van der Waals surface area contributed by atoms with Crippen LogP contribution in [-0.4, -0.2) is 49.5 Å². The first-order valence-corrected chi connectivity index (χ1v) is 10.2. The lowest BCUT2D eigenvalue weighted by atomic mass is 10.0. The van der Waals surface area contributed by atoms with Crippen LogP contribution < -0.4 is 15.8 Å². The van der Waals surface area contributed by atoms with Crippen LogP contribution in [0, 0.1) is 17.5 Å². The molecule has 0 aromatic carbocycles. The number of ketones is 1. The van der Waals surface area contributed by atoms with Gasteiger partial charge in [-0.15, -0.1) is 0 Å². The highest BCUT2D eigenvalue weighted by atomic mass is 32.2. The number of pyridine rings is 1. The number of nitrogens with zero attached hydrogens (tertiary/aromatic N) is 2. The van der Waals surface area contributed by atoms with Crippen molar-refractivity contribution in [3.63, 3.8) is 0 Å². The SMILES string of the molecule is CC(C[CH]C(=O)N[C@H]1CCCN(S(=O)(=O)c2ccc[n+]([O-])c2)CC1=O)C(N)=O. The summed E-state index contributed by atoms with van der Waals surface area (Å²) >= 11 is 0. The number of carbonyl (C=O) groups excluding carboxylic acids is 3. The van der Waals surface area contributed by atoms with Gasteiger partial charge in [0.05, 0.1) is 19.0 Å². The Bertz CT molecular complexity index is 857. The smallest absolute Gasteiger partial charge is 0.249 e. The molecule has 1 radical (unpaired) electrons. The van der Waals surface area contributed by atoms with Gasteiger partial charge in [0.15, 0.2) is 18.2 Å². The highest BCUT2D eigenvalue weighted by Crippen LogP contribution is 2.18. The fourth-order valence-electron chi connectivity index (χ4n) is 2.72. The van der Waals surface area contributed by atoms with E-state index in [1.165, 1.54) is 18.6 Å². The van der Waals surface area contributed by atoms with Crippen LogP contribution in [0.1, 0.15) is 26.2 Å². The predicted molar refractivity (Wildman–Crippen MR) is 97.6 cm³/mol. The third kappa shape index (κ3) is 5.49. The van der Waals surface area contributed by atoms with Crippen molar-refractivity contribution in [2.24, 2.45) is 11.7 Å². The molecule has 10 nitrogen and oxygen atoms in total. The molecule has 153 valence electrons. The molecule has 0 bridgehead atoms. The molecule has 1 fully saturated rings. The molecule has 1 aliphatic heterocycles. The van der Waals surface area contributed by atoms with Crippen LogP contribution in [0.4, 0.5) is 0 Å². The number of aromatic nitrogens is 1. The topological polar surface area (TPSA) is 154 Å². The number of amides is 2. The zero-order chi connectivity index (χ0) is 20.9. The van der Waals surface area contributed by atoms with E-state index in [0.29, 0.717) is 11.2 Å². The number of sulfonamides is 1. The van der Waals surface area contributed by atoms with Crippen molar-refractivity contribution in [2.75, 3.05) is 13.1 Å². The number of primary amides is 1. The van der Waals surface area contributed by atoms with Gasteiger partial charge in [-0.05, 0) is 25.3 Å². The normalized spacial score (nSPS) is 19.6. The first kappa shape index (κ1) is 21.8. The summed E-state index contributed by atoms with van der Waals surface area (Å²) in [5.41, 5.74) is 5.13. The van der Waals surface area contributed by atoms with Crippen LogP contribution in [0.2, 0.25) is 0 Å². The van der Waals surface area contributed by atoms with Crippen molar-refractivity contribution in [3.05, 3.63) is 36.2 Å². The zero-order valence-corrected chi connectivity index (χ0v) is 16.2. The number of carbonyl (C=O) groups is 3. The van der Waals surface area contributed by atoms with Gasteiger partial charge in [-0.25, -0.2) is 8.42 Å². The lowest BCUT2D eigenvalue weighted by Crippen LogP contribution is -2.44. The van der Waals surface area contributed by atoms with Crippen LogP contribution in [0.3, 0.4) is 0 Å². The molecule has 1 aromatic heterocycles. The van der Waals surface area contributed by atoms with Crippen LogP contribution in [0.15, 0.2) is 29.4 Å². The molecule has 2 rings (SSSR count). The average molecular weight is 411 g/mol. The first-order chi connectivity index (χ1) is 13.1. The molecule has 3 N–H and O–H groups in total. The molecule has 1 saturated heterocycles. The molecular formula is C17H23N4O6S. The van der Waals surface area contributed by atoms with E-state index in [2.05, 4.69) is 5.32 Å². The van der Waals surface area contributed by atoms with E-state index in [0.717, 1.165) is 16.7 Å². The van der Waals surface area contributed by atoms with Crippen LogP contribution in [0.25, 0.3) is 0 Å². The summed E-state index contributed by atoms with van der Waals surface area (Å²) in [4.78, 5) is 35.3. The van der Waals surface area contributed by atoms with Crippen LogP contribution >= 0.6 is 0 Å². The maximum absolute atomic E-state index is 12.7. The Labute approximate surface area is 163 Å². The summed E-state index contributed by atoms with van der Waals surface area (Å²) in [6.07, 6.45) is 4.13. The van der Waals surface area contributed by atoms with Crippen LogP contribution in [0.5, 0.6) is 0 Å². The molecule has 0 spiro atoms. The van der Waals surface area contributed by atoms with Crippen molar-refractivity contribution in [2.45, 2.75) is 37.1 Å². The van der Waals surface area contributed by atoms with Gasteiger partial charge in [0.2, 0.25) is 21.8 Å². The molecule has 1 unspecified atom stereocenters. The molecule has 0 saturated carbocycles. The Kier molecular flexibility index (Phi) is 7.08. The molecular weight excluding hydrogens is 388 g/mol. The Hall–Kier alpha value is -2.53. The third-order valence-electron chi connectivity index (χ3n) is 4.47. The van der Waals surface area contributed by atoms with E-state index < -0.39 is 46.1 Å². The van der Waals surface area contributed by atoms with E-state index in [-0.39, 0.29) is 24.3 Å². The van der Waals surface area contributed by atoms with E-state index in [1.807, 2.05) is 0 Å². The predicted octanol–water partition coefficient (Wildman–Crippen LogP) is -1.13. The lowest BCUT2D eigenvalue weighted by Gasteiger charge is -2.19. The van der Waals surface area contributed by atoms with E-state index in [4.69, 9.17) is 5.73 Å². The van der Waals surface area contributed by atoms with Crippen molar-refractivity contribution in [1.82, 2.24) is 9.62 Å². The number of rotatable bonds is 7. The van der Waals surface area contributed by atoms with Crippen molar-refractivity contribution < 1.29 is 27.5 Å². The van der Waals surface area contributed by atoms with Crippen molar-refractivity contribution in [3.8, 4) is 0 Å². The number of hydrogen-bond donors (Lipinski definition) is 2.